The molecular weight excluding hydrogens is 234 g/mol. The largest absolute Gasteiger partial charge is 0.323 e. The van der Waals surface area contributed by atoms with Crippen molar-refractivity contribution in [2.24, 2.45) is 0 Å². The molecule has 19 heavy (non-hydrogen) atoms. The normalized spacial score (nSPS) is 10.6. The van der Waals surface area contributed by atoms with Crippen molar-refractivity contribution in [3.05, 3.63) is 71.3 Å². The number of anilines is 1. The monoisotopic (exact) mass is 251 g/mol. The van der Waals surface area contributed by atoms with Gasteiger partial charge in [0, 0.05) is 11.8 Å². The highest BCUT2D eigenvalue weighted by molar-refractivity contribution is 6.01. The van der Waals surface area contributed by atoms with Gasteiger partial charge in [-0.15, -0.1) is 0 Å². The number of carbonyl (C=O) groups excluding carboxylic acids is 1. The maximum atomic E-state index is 11.8. The molecule has 2 rings (SSSR count). The van der Waals surface area contributed by atoms with Crippen LogP contribution in [0.2, 0.25) is 0 Å². The molecule has 0 aliphatic heterocycles. The van der Waals surface area contributed by atoms with Crippen LogP contribution in [0.3, 0.4) is 0 Å². The molecule has 0 saturated carbocycles. The van der Waals surface area contributed by atoms with E-state index in [1.807, 2.05) is 55.5 Å². The summed E-state index contributed by atoms with van der Waals surface area (Å²) in [6.45, 7) is 4.08. The number of nitrogens with one attached hydrogen (secondary N) is 1. The van der Waals surface area contributed by atoms with E-state index in [2.05, 4.69) is 12.2 Å². The van der Waals surface area contributed by atoms with Gasteiger partial charge in [0.2, 0.25) is 5.91 Å². The molecule has 2 heteroatoms. The summed E-state index contributed by atoms with van der Waals surface area (Å²) in [6, 6.07) is 15.7. The summed E-state index contributed by atoms with van der Waals surface area (Å²) >= 11 is 0. The number of amides is 1. The fourth-order valence-electron chi connectivity index (χ4n) is 1.74. The molecule has 2 aromatic carbocycles. The minimum absolute atomic E-state index is 0.118. The third-order valence-electron chi connectivity index (χ3n) is 3.00. The molecule has 0 aliphatic carbocycles. The summed E-state index contributed by atoms with van der Waals surface area (Å²) in [4.78, 5) is 11.8. The van der Waals surface area contributed by atoms with Gasteiger partial charge in [-0.25, -0.2) is 0 Å². The van der Waals surface area contributed by atoms with E-state index in [0.29, 0.717) is 0 Å². The van der Waals surface area contributed by atoms with E-state index in [4.69, 9.17) is 0 Å². The number of carbonyl (C=O) groups is 1. The molecular formula is C17H17NO. The lowest BCUT2D eigenvalue weighted by Crippen LogP contribution is -2.07. The molecule has 1 amide bonds. The number of hydrogen-bond acceptors (Lipinski definition) is 1. The van der Waals surface area contributed by atoms with Crippen LogP contribution in [-0.4, -0.2) is 5.91 Å². The SMILES string of the molecule is Cc1ccc(NC(=O)/C=C/c2ccccc2)cc1C. The predicted octanol–water partition coefficient (Wildman–Crippen LogP) is 3.96. The Labute approximate surface area is 113 Å². The van der Waals surface area contributed by atoms with E-state index < -0.39 is 0 Å². The van der Waals surface area contributed by atoms with Gasteiger partial charge in [0.25, 0.3) is 0 Å². The highest BCUT2D eigenvalue weighted by atomic mass is 16.1. The Balaban J connectivity index is 2.01. The van der Waals surface area contributed by atoms with Crippen LogP contribution in [0.1, 0.15) is 16.7 Å². The number of rotatable bonds is 3. The molecule has 0 aromatic heterocycles. The lowest BCUT2D eigenvalue weighted by molar-refractivity contribution is -0.111. The fourth-order valence-corrected chi connectivity index (χ4v) is 1.74. The fraction of sp³-hybridized carbons (Fsp3) is 0.118. The molecule has 0 spiro atoms. The van der Waals surface area contributed by atoms with Crippen molar-refractivity contribution < 1.29 is 4.79 Å². The van der Waals surface area contributed by atoms with Gasteiger partial charge in [0.05, 0.1) is 0 Å². The van der Waals surface area contributed by atoms with Crippen LogP contribution in [0.15, 0.2) is 54.6 Å². The van der Waals surface area contributed by atoms with E-state index in [1.165, 1.54) is 11.1 Å². The minimum Gasteiger partial charge on any atom is -0.323 e. The second-order valence-corrected chi connectivity index (χ2v) is 4.53. The molecule has 2 nitrogen and oxygen atoms in total. The molecule has 0 bridgehead atoms. The van der Waals surface area contributed by atoms with Crippen LogP contribution in [0.5, 0.6) is 0 Å². The average molecular weight is 251 g/mol. The topological polar surface area (TPSA) is 29.1 Å². The molecule has 0 atom stereocenters. The van der Waals surface area contributed by atoms with Gasteiger partial charge in [-0.3, -0.25) is 4.79 Å². The summed E-state index contributed by atoms with van der Waals surface area (Å²) in [7, 11) is 0. The van der Waals surface area contributed by atoms with Gasteiger partial charge in [-0.2, -0.15) is 0 Å². The smallest absolute Gasteiger partial charge is 0.248 e. The number of benzene rings is 2. The van der Waals surface area contributed by atoms with Crippen LogP contribution in [0, 0.1) is 13.8 Å². The van der Waals surface area contributed by atoms with Crippen LogP contribution >= 0.6 is 0 Å². The Hall–Kier alpha value is -2.35. The maximum absolute atomic E-state index is 11.8. The van der Waals surface area contributed by atoms with Gasteiger partial charge in [-0.05, 0) is 48.7 Å². The Morgan fingerprint density at radius 3 is 2.42 bits per heavy atom. The highest BCUT2D eigenvalue weighted by Crippen LogP contribution is 2.14. The summed E-state index contributed by atoms with van der Waals surface area (Å²) in [6.07, 6.45) is 3.35. The Bertz CT molecular complexity index is 600. The van der Waals surface area contributed by atoms with Crippen LogP contribution < -0.4 is 5.32 Å². The van der Waals surface area contributed by atoms with Crippen molar-refractivity contribution >= 4 is 17.7 Å². The van der Waals surface area contributed by atoms with Crippen LogP contribution in [0.25, 0.3) is 6.08 Å². The quantitative estimate of drug-likeness (QED) is 0.822. The van der Waals surface area contributed by atoms with Gasteiger partial charge in [-0.1, -0.05) is 36.4 Å². The van der Waals surface area contributed by atoms with E-state index >= 15 is 0 Å². The van der Waals surface area contributed by atoms with Crippen molar-refractivity contribution in [2.75, 3.05) is 5.32 Å². The average Bonchev–Trinajstić information content (AvgIpc) is 2.42. The Morgan fingerprint density at radius 2 is 1.74 bits per heavy atom. The first kappa shape index (κ1) is 13.1. The first-order valence-corrected chi connectivity index (χ1v) is 6.26. The molecule has 1 N–H and O–H groups in total. The lowest BCUT2D eigenvalue weighted by Gasteiger charge is -2.05. The van der Waals surface area contributed by atoms with E-state index in [9.17, 15) is 4.79 Å². The third kappa shape index (κ3) is 3.81. The molecule has 0 unspecified atom stereocenters. The van der Waals surface area contributed by atoms with Gasteiger partial charge < -0.3 is 5.32 Å². The van der Waals surface area contributed by atoms with Crippen LogP contribution in [0.4, 0.5) is 5.69 Å². The zero-order chi connectivity index (χ0) is 13.7. The second-order valence-electron chi connectivity index (χ2n) is 4.53. The molecule has 0 aliphatic rings. The molecule has 96 valence electrons. The number of hydrogen-bond donors (Lipinski definition) is 1. The lowest BCUT2D eigenvalue weighted by atomic mass is 10.1. The van der Waals surface area contributed by atoms with Gasteiger partial charge in [0.15, 0.2) is 0 Å². The zero-order valence-corrected chi connectivity index (χ0v) is 11.2. The molecule has 0 radical (unpaired) electrons. The van der Waals surface area contributed by atoms with Gasteiger partial charge >= 0.3 is 0 Å². The van der Waals surface area contributed by atoms with E-state index in [-0.39, 0.29) is 5.91 Å². The minimum atomic E-state index is -0.118. The van der Waals surface area contributed by atoms with E-state index in [1.54, 1.807) is 12.2 Å². The van der Waals surface area contributed by atoms with Crippen molar-refractivity contribution in [3.63, 3.8) is 0 Å². The maximum Gasteiger partial charge on any atom is 0.248 e. The van der Waals surface area contributed by atoms with Crippen molar-refractivity contribution in [1.29, 1.82) is 0 Å². The number of aryl methyl sites for hydroxylation is 2. The summed E-state index contributed by atoms with van der Waals surface area (Å²) in [5.41, 5.74) is 4.23. The predicted molar refractivity (Wildman–Crippen MR) is 80.0 cm³/mol. The van der Waals surface area contributed by atoms with Crippen LogP contribution in [-0.2, 0) is 4.79 Å². The van der Waals surface area contributed by atoms with Gasteiger partial charge in [0.1, 0.15) is 0 Å². The molecule has 0 saturated heterocycles. The standard InChI is InChI=1S/C17H17NO/c1-13-8-10-16(12-14(13)2)18-17(19)11-9-15-6-4-3-5-7-15/h3-12H,1-2H3,(H,18,19)/b11-9+. The Kier molecular flexibility index (Phi) is 4.14. The second kappa shape index (κ2) is 6.01. The highest BCUT2D eigenvalue weighted by Gasteiger charge is 1.99. The molecule has 0 fully saturated rings. The third-order valence-corrected chi connectivity index (χ3v) is 3.00. The summed E-state index contributed by atoms with van der Waals surface area (Å²) in [5, 5.41) is 2.85. The first-order valence-electron chi connectivity index (χ1n) is 6.26. The summed E-state index contributed by atoms with van der Waals surface area (Å²) in [5.74, 6) is -0.118. The summed E-state index contributed by atoms with van der Waals surface area (Å²) < 4.78 is 0. The first-order chi connectivity index (χ1) is 9.15. The molecule has 0 heterocycles. The molecule has 2 aromatic rings. The van der Waals surface area contributed by atoms with Crippen molar-refractivity contribution in [3.8, 4) is 0 Å². The van der Waals surface area contributed by atoms with E-state index in [0.717, 1.165) is 11.3 Å². The van der Waals surface area contributed by atoms with Crippen molar-refractivity contribution in [2.45, 2.75) is 13.8 Å². The van der Waals surface area contributed by atoms with Crippen molar-refractivity contribution in [1.82, 2.24) is 0 Å². The zero-order valence-electron chi connectivity index (χ0n) is 11.2. The Morgan fingerprint density at radius 1 is 1.00 bits per heavy atom.